The van der Waals surface area contributed by atoms with Gasteiger partial charge in [-0.1, -0.05) is 57.5 Å². The van der Waals surface area contributed by atoms with Crippen LogP contribution >= 0.6 is 15.9 Å². The maximum Gasteiger partial charge on any atom is 0.273 e. The number of nitrogens with zero attached hydrogens (tertiary/aromatic N) is 2. The largest absolute Gasteiger partial charge is 0.508 e. The van der Waals surface area contributed by atoms with Gasteiger partial charge in [0.05, 0.1) is 6.04 Å². The minimum absolute atomic E-state index is 0.0347. The van der Waals surface area contributed by atoms with Gasteiger partial charge >= 0.3 is 0 Å². The third-order valence-corrected chi connectivity index (χ3v) is 5.44. The first kappa shape index (κ1) is 21.5. The molecule has 160 valence electrons. The van der Waals surface area contributed by atoms with Gasteiger partial charge < -0.3 is 20.4 Å². The summed E-state index contributed by atoms with van der Waals surface area (Å²) in [6.45, 7) is 0. The molecule has 0 saturated heterocycles. The Kier molecular flexibility index (Phi) is 6.42. The molecule has 1 unspecified atom stereocenters. The second-order valence-corrected chi connectivity index (χ2v) is 8.01. The zero-order valence-corrected chi connectivity index (χ0v) is 18.4. The number of phenols is 1. The molecule has 0 aliphatic heterocycles. The van der Waals surface area contributed by atoms with Gasteiger partial charge in [-0.05, 0) is 24.3 Å². The van der Waals surface area contributed by atoms with E-state index in [9.17, 15) is 9.90 Å². The molecule has 3 N–H and O–H groups in total. The van der Waals surface area contributed by atoms with E-state index < -0.39 is 11.9 Å². The molecule has 0 fully saturated rings. The number of benzene rings is 2. The van der Waals surface area contributed by atoms with Gasteiger partial charge in [-0.2, -0.15) is 0 Å². The lowest BCUT2D eigenvalue weighted by Crippen LogP contribution is -2.30. The lowest BCUT2D eigenvalue weighted by Gasteiger charge is -2.20. The van der Waals surface area contributed by atoms with Crippen LogP contribution in [0.3, 0.4) is 0 Å². The van der Waals surface area contributed by atoms with E-state index in [1.165, 1.54) is 0 Å². The third kappa shape index (κ3) is 4.92. The Bertz CT molecular complexity index is 1240. The second-order valence-electron chi connectivity index (χ2n) is 7.09. The number of pyridine rings is 1. The smallest absolute Gasteiger partial charge is 0.273 e. The number of para-hydroxylation sites is 1. The predicted molar refractivity (Wildman–Crippen MR) is 124 cm³/mol. The van der Waals surface area contributed by atoms with Gasteiger partial charge in [0.15, 0.2) is 11.5 Å². The van der Waals surface area contributed by atoms with Gasteiger partial charge in [0.2, 0.25) is 0 Å². The van der Waals surface area contributed by atoms with E-state index in [0.717, 1.165) is 10.0 Å². The highest BCUT2D eigenvalue weighted by Gasteiger charge is 2.23. The Morgan fingerprint density at radius 3 is 2.62 bits per heavy atom. The Balaban J connectivity index is 1.57. The summed E-state index contributed by atoms with van der Waals surface area (Å²) in [5.41, 5.74) is 2.32. The molecule has 0 aliphatic rings. The van der Waals surface area contributed by atoms with Crippen LogP contribution in [0.25, 0.3) is 11.3 Å². The summed E-state index contributed by atoms with van der Waals surface area (Å²) in [4.78, 5) is 17.0. The normalized spacial score (nSPS) is 11.7. The maximum absolute atomic E-state index is 13.0. The van der Waals surface area contributed by atoms with E-state index in [1.807, 2.05) is 24.3 Å². The van der Waals surface area contributed by atoms with E-state index in [4.69, 9.17) is 9.93 Å². The number of carbonyl (C=O) groups is 1. The average Bonchev–Trinajstić information content (AvgIpc) is 3.30. The van der Waals surface area contributed by atoms with Crippen LogP contribution in [0.1, 0.15) is 34.1 Å². The first-order valence-electron chi connectivity index (χ1n) is 9.80. The number of halogens is 1. The Hall–Kier alpha value is -3.78. The molecule has 32 heavy (non-hydrogen) atoms. The summed E-state index contributed by atoms with van der Waals surface area (Å²) in [5, 5.41) is 25.6. The van der Waals surface area contributed by atoms with Crippen molar-refractivity contribution in [3.63, 3.8) is 0 Å². The van der Waals surface area contributed by atoms with Crippen LogP contribution < -0.4 is 5.32 Å². The van der Waals surface area contributed by atoms with E-state index in [-0.39, 0.29) is 23.6 Å². The van der Waals surface area contributed by atoms with Crippen molar-refractivity contribution in [2.45, 2.75) is 12.5 Å². The lowest BCUT2D eigenvalue weighted by molar-refractivity contribution is 0.0928. The minimum Gasteiger partial charge on any atom is -0.508 e. The van der Waals surface area contributed by atoms with Crippen molar-refractivity contribution in [2.24, 2.45) is 0 Å². The number of amides is 1. The van der Waals surface area contributed by atoms with Crippen molar-refractivity contribution >= 4 is 27.5 Å². The third-order valence-electron chi connectivity index (χ3n) is 4.91. The molecule has 4 rings (SSSR count). The van der Waals surface area contributed by atoms with Crippen molar-refractivity contribution in [3.05, 3.63) is 100 Å². The lowest BCUT2D eigenvalue weighted by atomic mass is 9.97. The van der Waals surface area contributed by atoms with Crippen LogP contribution in [0, 0.1) is 5.41 Å². The molecule has 2 aromatic heterocycles. The summed E-state index contributed by atoms with van der Waals surface area (Å²) in [7, 11) is 0. The molecule has 2 heterocycles. The number of aromatic hydroxyl groups is 1. The summed E-state index contributed by atoms with van der Waals surface area (Å²) in [6.07, 6.45) is 3.38. The highest BCUT2D eigenvalue weighted by molar-refractivity contribution is 9.10. The predicted octanol–water partition coefficient (Wildman–Crippen LogP) is 5.13. The van der Waals surface area contributed by atoms with Gasteiger partial charge in [-0.25, -0.2) is 0 Å². The summed E-state index contributed by atoms with van der Waals surface area (Å²) < 4.78 is 6.28. The van der Waals surface area contributed by atoms with E-state index in [2.05, 4.69) is 31.4 Å². The van der Waals surface area contributed by atoms with Crippen LogP contribution in [0.4, 0.5) is 0 Å². The molecule has 1 amide bonds. The molecule has 0 radical (unpaired) electrons. The van der Waals surface area contributed by atoms with E-state index >= 15 is 0 Å². The van der Waals surface area contributed by atoms with Crippen LogP contribution in [0.15, 0.2) is 88.1 Å². The fourth-order valence-corrected chi connectivity index (χ4v) is 3.51. The van der Waals surface area contributed by atoms with Crippen molar-refractivity contribution < 1.29 is 14.4 Å². The molecule has 2 aromatic carbocycles. The number of nitrogens with one attached hydrogen (secondary N) is 2. The van der Waals surface area contributed by atoms with Gasteiger partial charge in [0.1, 0.15) is 5.75 Å². The topological polar surface area (TPSA) is 112 Å². The number of carbonyl (C=O) groups excluding carboxylic acids is 1. The molecular weight excluding hydrogens is 472 g/mol. The van der Waals surface area contributed by atoms with Gasteiger partial charge in [0.25, 0.3) is 5.91 Å². The fraction of sp³-hybridized carbons (Fsp3) is 0.0833. The Morgan fingerprint density at radius 2 is 1.91 bits per heavy atom. The van der Waals surface area contributed by atoms with Gasteiger partial charge in [-0.3, -0.25) is 9.78 Å². The molecule has 1 atom stereocenters. The van der Waals surface area contributed by atoms with Crippen LogP contribution in [0.5, 0.6) is 5.75 Å². The summed E-state index contributed by atoms with van der Waals surface area (Å²) >= 11 is 3.39. The number of hydrogen-bond donors (Lipinski definition) is 3. The first-order chi connectivity index (χ1) is 15.5. The van der Waals surface area contributed by atoms with Gasteiger partial charge in [-0.15, -0.1) is 0 Å². The molecule has 8 heteroatoms. The zero-order chi connectivity index (χ0) is 22.5. The van der Waals surface area contributed by atoms with Crippen molar-refractivity contribution in [1.82, 2.24) is 15.5 Å². The molecule has 0 bridgehead atoms. The zero-order valence-electron chi connectivity index (χ0n) is 16.8. The summed E-state index contributed by atoms with van der Waals surface area (Å²) in [6, 6.07) is 18.6. The molecule has 0 spiro atoms. The number of phenolic OH excluding ortho intramolecular Hbond substituents is 1. The second kappa shape index (κ2) is 9.57. The van der Waals surface area contributed by atoms with Crippen LogP contribution in [0.2, 0.25) is 0 Å². The highest BCUT2D eigenvalue weighted by Crippen LogP contribution is 2.28. The van der Waals surface area contributed by atoms with Crippen molar-refractivity contribution in [2.75, 3.05) is 0 Å². The number of hydrogen-bond acceptors (Lipinski definition) is 6. The van der Waals surface area contributed by atoms with Crippen LogP contribution in [-0.2, 0) is 0 Å². The first-order valence-corrected chi connectivity index (χ1v) is 10.6. The van der Waals surface area contributed by atoms with Crippen LogP contribution in [-0.4, -0.2) is 26.9 Å². The molecule has 0 aliphatic carbocycles. The monoisotopic (exact) mass is 490 g/mol. The molecular formula is C24H19BrN4O3. The average molecular weight is 491 g/mol. The maximum atomic E-state index is 13.0. The number of rotatable bonds is 7. The highest BCUT2D eigenvalue weighted by atomic mass is 79.9. The van der Waals surface area contributed by atoms with E-state index in [0.29, 0.717) is 16.9 Å². The van der Waals surface area contributed by atoms with Crippen molar-refractivity contribution in [3.8, 4) is 17.1 Å². The Morgan fingerprint density at radius 1 is 1.12 bits per heavy atom. The van der Waals surface area contributed by atoms with Gasteiger partial charge in [0, 0.05) is 51.8 Å². The molecule has 7 nitrogen and oxygen atoms in total. The molecule has 0 saturated carbocycles. The fourth-order valence-electron chi connectivity index (χ4n) is 3.25. The van der Waals surface area contributed by atoms with E-state index in [1.54, 1.807) is 54.9 Å². The number of aromatic nitrogens is 2. The summed E-state index contributed by atoms with van der Waals surface area (Å²) in [5.74, 6) is 0.0294. The SMILES string of the molecule is N=C(CC(NC(=O)c1cc(-c2ccc(Br)cc2)on1)c1ccccc1O)c1cccnc1. The quantitative estimate of drug-likeness (QED) is 0.310. The Labute approximate surface area is 192 Å². The van der Waals surface area contributed by atoms with Crippen molar-refractivity contribution in [1.29, 1.82) is 5.41 Å². The minimum atomic E-state index is -0.649. The standard InChI is InChI=1S/C24H19BrN4O3/c25-17-9-7-15(8-10-17)23-13-21(29-32-23)24(31)28-20(18-5-1-2-6-22(18)30)12-19(26)16-4-3-11-27-14-16/h1-11,13-14,20,26,30H,12H2,(H,28,31). The molecule has 4 aromatic rings.